The van der Waals surface area contributed by atoms with Crippen LogP contribution in [0.3, 0.4) is 0 Å². The van der Waals surface area contributed by atoms with Crippen LogP contribution in [0.15, 0.2) is 24.3 Å². The Hall–Kier alpha value is -1.99. The lowest BCUT2D eigenvalue weighted by atomic mass is 10.2. The zero-order valence-corrected chi connectivity index (χ0v) is 12.1. The zero-order valence-electron chi connectivity index (χ0n) is 11.3. The number of nitrogens with zero attached hydrogens (tertiary/aromatic N) is 1. The van der Waals surface area contributed by atoms with Crippen LogP contribution in [0.1, 0.15) is 12.5 Å². The smallest absolute Gasteiger partial charge is 0.238 e. The summed E-state index contributed by atoms with van der Waals surface area (Å²) in [4.78, 5) is 24.6. The molecule has 0 fully saturated rings. The summed E-state index contributed by atoms with van der Waals surface area (Å²) in [5.41, 5.74) is 12.0. The minimum Gasteiger partial charge on any atom is -0.389 e. The normalized spacial score (nSPS) is 10.3. The maximum absolute atomic E-state index is 11.8. The Bertz CT molecular complexity index is 502. The molecule has 0 saturated carbocycles. The summed E-state index contributed by atoms with van der Waals surface area (Å²) < 4.78 is 0. The predicted molar refractivity (Wildman–Crippen MR) is 82.3 cm³/mol. The second kappa shape index (κ2) is 7.56. The van der Waals surface area contributed by atoms with Crippen molar-refractivity contribution < 1.29 is 9.59 Å². The number of carbonyl (C=O) groups excluding carboxylic acids is 2. The van der Waals surface area contributed by atoms with E-state index in [9.17, 15) is 9.59 Å². The lowest BCUT2D eigenvalue weighted by Gasteiger charge is -2.17. The van der Waals surface area contributed by atoms with Crippen molar-refractivity contribution in [2.24, 2.45) is 11.5 Å². The van der Waals surface area contributed by atoms with Crippen molar-refractivity contribution in [1.29, 1.82) is 0 Å². The van der Waals surface area contributed by atoms with Gasteiger partial charge in [0.15, 0.2) is 0 Å². The number of primary amides is 1. The molecule has 108 valence electrons. The van der Waals surface area contributed by atoms with Crippen LogP contribution in [0.4, 0.5) is 5.69 Å². The molecule has 0 radical (unpaired) electrons. The molecule has 0 aliphatic rings. The summed E-state index contributed by atoms with van der Waals surface area (Å²) in [6, 6.07) is 6.91. The van der Waals surface area contributed by atoms with E-state index in [1.165, 1.54) is 0 Å². The average molecular weight is 294 g/mol. The van der Waals surface area contributed by atoms with Gasteiger partial charge in [0.1, 0.15) is 4.99 Å². The van der Waals surface area contributed by atoms with E-state index in [4.69, 9.17) is 23.7 Å². The van der Waals surface area contributed by atoms with Crippen LogP contribution in [0.5, 0.6) is 0 Å². The number of nitrogens with one attached hydrogen (secondary N) is 1. The van der Waals surface area contributed by atoms with E-state index < -0.39 is 5.91 Å². The quantitative estimate of drug-likeness (QED) is 0.618. The molecule has 1 aromatic rings. The number of thiocarbonyl (C=S) groups is 1. The van der Waals surface area contributed by atoms with E-state index in [1.807, 2.05) is 6.92 Å². The highest BCUT2D eigenvalue weighted by Gasteiger charge is 2.11. The third kappa shape index (κ3) is 5.33. The monoisotopic (exact) mass is 294 g/mol. The molecule has 6 nitrogen and oxygen atoms in total. The number of likely N-dealkylation sites (N-methyl/N-ethyl adjacent to an activating group) is 1. The molecule has 0 saturated heterocycles. The molecule has 5 N–H and O–H groups in total. The van der Waals surface area contributed by atoms with Crippen LogP contribution in [0, 0.1) is 0 Å². The fourth-order valence-electron chi connectivity index (χ4n) is 1.62. The van der Waals surface area contributed by atoms with Gasteiger partial charge in [-0.2, -0.15) is 0 Å². The fourth-order valence-corrected chi connectivity index (χ4v) is 1.76. The van der Waals surface area contributed by atoms with Gasteiger partial charge in [0.2, 0.25) is 11.8 Å². The maximum Gasteiger partial charge on any atom is 0.238 e. The number of amides is 2. The summed E-state index contributed by atoms with van der Waals surface area (Å²) in [5, 5.41) is 2.73. The minimum atomic E-state index is -0.458. The van der Waals surface area contributed by atoms with Crippen molar-refractivity contribution in [3.63, 3.8) is 0 Å². The first kappa shape index (κ1) is 16.1. The van der Waals surface area contributed by atoms with Gasteiger partial charge < -0.3 is 16.8 Å². The largest absolute Gasteiger partial charge is 0.389 e. The number of rotatable bonds is 7. The summed E-state index contributed by atoms with van der Waals surface area (Å²) in [6.07, 6.45) is 0. The van der Waals surface area contributed by atoms with Gasteiger partial charge in [-0.25, -0.2) is 0 Å². The van der Waals surface area contributed by atoms with Gasteiger partial charge in [-0.1, -0.05) is 19.1 Å². The highest BCUT2D eigenvalue weighted by molar-refractivity contribution is 7.80. The molecular weight excluding hydrogens is 276 g/mol. The molecule has 0 unspecified atom stereocenters. The number of hydrogen-bond donors (Lipinski definition) is 3. The lowest BCUT2D eigenvalue weighted by Crippen LogP contribution is -2.39. The molecule has 1 rings (SSSR count). The molecule has 0 aliphatic heterocycles. The van der Waals surface area contributed by atoms with Crippen LogP contribution >= 0.6 is 12.2 Å². The third-order valence-electron chi connectivity index (χ3n) is 2.65. The van der Waals surface area contributed by atoms with Gasteiger partial charge in [-0.3, -0.25) is 14.5 Å². The Balaban J connectivity index is 2.57. The number of benzene rings is 1. The molecule has 2 amide bonds. The van der Waals surface area contributed by atoms with E-state index in [1.54, 1.807) is 29.2 Å². The Labute approximate surface area is 123 Å². The molecule has 20 heavy (non-hydrogen) atoms. The molecular formula is C13H18N4O2S. The number of nitrogens with two attached hydrogens (primary N) is 2. The topological polar surface area (TPSA) is 101 Å². The molecule has 0 bridgehead atoms. The molecule has 0 aromatic heterocycles. The molecule has 7 heteroatoms. The number of carbonyl (C=O) groups is 2. The van der Waals surface area contributed by atoms with Crippen LogP contribution in [0.2, 0.25) is 0 Å². The van der Waals surface area contributed by atoms with Crippen LogP contribution in [-0.4, -0.2) is 41.3 Å². The van der Waals surface area contributed by atoms with Gasteiger partial charge in [0, 0.05) is 11.3 Å². The van der Waals surface area contributed by atoms with Crippen molar-refractivity contribution in [2.45, 2.75) is 6.92 Å². The van der Waals surface area contributed by atoms with Gasteiger partial charge in [0.25, 0.3) is 0 Å². The van der Waals surface area contributed by atoms with E-state index in [2.05, 4.69) is 5.32 Å². The summed E-state index contributed by atoms with van der Waals surface area (Å²) in [6.45, 7) is 2.59. The van der Waals surface area contributed by atoms with E-state index >= 15 is 0 Å². The summed E-state index contributed by atoms with van der Waals surface area (Å²) in [7, 11) is 0. The van der Waals surface area contributed by atoms with Crippen LogP contribution < -0.4 is 16.8 Å². The van der Waals surface area contributed by atoms with E-state index in [0.717, 1.165) is 5.56 Å². The fraction of sp³-hybridized carbons (Fsp3) is 0.308. The first-order valence-corrected chi connectivity index (χ1v) is 6.53. The Morgan fingerprint density at radius 2 is 1.80 bits per heavy atom. The Kier molecular flexibility index (Phi) is 6.08. The molecule has 0 aliphatic carbocycles. The highest BCUT2D eigenvalue weighted by atomic mass is 32.1. The van der Waals surface area contributed by atoms with Crippen LogP contribution in [0.25, 0.3) is 0 Å². The standard InChI is InChI=1S/C13H18N4O2S/c1-2-17(7-11(14)18)8-12(19)16-10-5-3-9(4-6-10)13(15)20/h3-6H,2,7-8H2,1H3,(H2,14,18)(H2,15,20)(H,16,19). The van der Waals surface area contributed by atoms with E-state index in [-0.39, 0.29) is 19.0 Å². The van der Waals surface area contributed by atoms with Gasteiger partial charge in [-0.15, -0.1) is 0 Å². The first-order chi connectivity index (χ1) is 9.42. The van der Waals surface area contributed by atoms with Gasteiger partial charge in [0.05, 0.1) is 13.1 Å². The zero-order chi connectivity index (χ0) is 15.1. The van der Waals surface area contributed by atoms with Gasteiger partial charge >= 0.3 is 0 Å². The SMILES string of the molecule is CCN(CC(N)=O)CC(=O)Nc1ccc(C(N)=S)cc1. The lowest BCUT2D eigenvalue weighted by molar-refractivity contribution is -0.121. The summed E-state index contributed by atoms with van der Waals surface area (Å²) in [5.74, 6) is -0.670. The van der Waals surface area contributed by atoms with Crippen molar-refractivity contribution in [3.8, 4) is 0 Å². The second-order valence-electron chi connectivity index (χ2n) is 4.26. The minimum absolute atomic E-state index is 0.0598. The Morgan fingerprint density at radius 1 is 1.20 bits per heavy atom. The van der Waals surface area contributed by atoms with Gasteiger partial charge in [-0.05, 0) is 30.8 Å². The number of anilines is 1. The Morgan fingerprint density at radius 3 is 2.25 bits per heavy atom. The number of hydrogen-bond acceptors (Lipinski definition) is 4. The van der Waals surface area contributed by atoms with Crippen molar-refractivity contribution in [3.05, 3.63) is 29.8 Å². The second-order valence-corrected chi connectivity index (χ2v) is 4.70. The molecule has 0 heterocycles. The summed E-state index contributed by atoms with van der Waals surface area (Å²) >= 11 is 4.85. The van der Waals surface area contributed by atoms with Crippen molar-refractivity contribution in [1.82, 2.24) is 4.90 Å². The van der Waals surface area contributed by atoms with Crippen molar-refractivity contribution in [2.75, 3.05) is 25.0 Å². The predicted octanol–water partition coefficient (Wildman–Crippen LogP) is 0.0665. The molecule has 0 spiro atoms. The first-order valence-electron chi connectivity index (χ1n) is 6.12. The van der Waals surface area contributed by atoms with E-state index in [0.29, 0.717) is 17.2 Å². The molecule has 1 aromatic carbocycles. The highest BCUT2D eigenvalue weighted by Crippen LogP contribution is 2.09. The maximum atomic E-state index is 11.8. The average Bonchev–Trinajstić information content (AvgIpc) is 2.37. The third-order valence-corrected chi connectivity index (χ3v) is 2.88. The van der Waals surface area contributed by atoms with Crippen LogP contribution in [-0.2, 0) is 9.59 Å². The molecule has 0 atom stereocenters. The van der Waals surface area contributed by atoms with Crippen molar-refractivity contribution >= 4 is 34.7 Å².